The van der Waals surface area contributed by atoms with Crippen LogP contribution < -0.4 is 11.1 Å². The van der Waals surface area contributed by atoms with Gasteiger partial charge in [0.1, 0.15) is 17.7 Å². The lowest BCUT2D eigenvalue weighted by Crippen LogP contribution is -2.57. The summed E-state index contributed by atoms with van der Waals surface area (Å²) < 4.78 is 5.35. The Bertz CT molecular complexity index is 1540. The van der Waals surface area contributed by atoms with Crippen molar-refractivity contribution in [1.82, 2.24) is 15.1 Å². The van der Waals surface area contributed by atoms with E-state index in [4.69, 9.17) is 10.5 Å². The Morgan fingerprint density at radius 1 is 0.826 bits per heavy atom. The van der Waals surface area contributed by atoms with Crippen LogP contribution in [0.1, 0.15) is 52.2 Å². The van der Waals surface area contributed by atoms with Gasteiger partial charge in [0.05, 0.1) is 6.54 Å². The molecule has 46 heavy (non-hydrogen) atoms. The van der Waals surface area contributed by atoms with Crippen LogP contribution in [-0.2, 0) is 36.8 Å². The second-order valence-electron chi connectivity index (χ2n) is 13.2. The first kappa shape index (κ1) is 36.0. The summed E-state index contributed by atoms with van der Waals surface area (Å²) in [5.41, 5.74) is 6.40. The van der Waals surface area contributed by atoms with Crippen molar-refractivity contribution in [2.45, 2.75) is 77.1 Å². The van der Waals surface area contributed by atoms with E-state index in [1.807, 2.05) is 86.6 Å². The highest BCUT2D eigenvalue weighted by Gasteiger charge is 2.35. The number of hydrogen-bond donors (Lipinski definition) is 2. The quantitative estimate of drug-likeness (QED) is 0.201. The topological polar surface area (TPSA) is 122 Å². The highest BCUT2D eigenvalue weighted by molar-refractivity contribution is 5.95. The summed E-state index contributed by atoms with van der Waals surface area (Å²) >= 11 is 0. The van der Waals surface area contributed by atoms with E-state index in [9.17, 15) is 19.2 Å². The van der Waals surface area contributed by atoms with Gasteiger partial charge in [-0.2, -0.15) is 0 Å². The van der Waals surface area contributed by atoms with Gasteiger partial charge >= 0.3 is 5.97 Å². The number of hydrogen-bond acceptors (Lipinski definition) is 6. The standard InChI is InChI=1S/C37H48N4O5/c1-26(42)46-37(4,5)25-39-34(44)31(23-27-14-9-8-10-15-27)41(7)35(45)32(40(6)33(43)18-13-21-36(2,3)38)24-28-19-20-29-16-11-12-17-30(29)22-28/h8-20,22,31-32H,21,23-25,38H2,1-7H3,(H,39,44)/b18-13+/t31?,32-/m1/s1. The van der Waals surface area contributed by atoms with Gasteiger partial charge in [-0.15, -0.1) is 0 Å². The molecule has 1 unspecified atom stereocenters. The molecule has 0 radical (unpaired) electrons. The number of carbonyl (C=O) groups is 4. The van der Waals surface area contributed by atoms with E-state index in [0.717, 1.165) is 21.9 Å². The molecular weight excluding hydrogens is 580 g/mol. The minimum atomic E-state index is -0.947. The van der Waals surface area contributed by atoms with Crippen LogP contribution in [0.3, 0.4) is 0 Å². The van der Waals surface area contributed by atoms with E-state index in [-0.39, 0.29) is 31.2 Å². The molecule has 0 bridgehead atoms. The highest BCUT2D eigenvalue weighted by Crippen LogP contribution is 2.20. The molecule has 9 nitrogen and oxygen atoms in total. The average Bonchev–Trinajstić information content (AvgIpc) is 2.99. The van der Waals surface area contributed by atoms with Crippen LogP contribution in [-0.4, -0.2) is 77.4 Å². The van der Waals surface area contributed by atoms with Gasteiger partial charge in [0.15, 0.2) is 0 Å². The first-order valence-electron chi connectivity index (χ1n) is 15.5. The summed E-state index contributed by atoms with van der Waals surface area (Å²) in [6, 6.07) is 21.5. The predicted octanol–water partition coefficient (Wildman–Crippen LogP) is 4.42. The number of rotatable bonds is 14. The molecule has 0 heterocycles. The van der Waals surface area contributed by atoms with E-state index in [2.05, 4.69) is 5.32 Å². The number of fused-ring (bicyclic) bond motifs is 1. The van der Waals surface area contributed by atoms with Crippen LogP contribution in [0.25, 0.3) is 10.8 Å². The van der Waals surface area contributed by atoms with E-state index in [1.165, 1.54) is 22.8 Å². The second-order valence-corrected chi connectivity index (χ2v) is 13.2. The fraction of sp³-hybridized carbons (Fsp3) is 0.405. The number of ether oxygens (including phenoxy) is 1. The average molecular weight is 629 g/mol. The molecule has 246 valence electrons. The Balaban J connectivity index is 1.95. The van der Waals surface area contributed by atoms with Gasteiger partial charge < -0.3 is 25.6 Å². The molecule has 0 aliphatic heterocycles. The molecule has 0 aliphatic carbocycles. The zero-order valence-electron chi connectivity index (χ0n) is 28.1. The lowest BCUT2D eigenvalue weighted by molar-refractivity contribution is -0.154. The van der Waals surface area contributed by atoms with Crippen molar-refractivity contribution in [3.8, 4) is 0 Å². The van der Waals surface area contributed by atoms with Crippen molar-refractivity contribution in [2.24, 2.45) is 5.73 Å². The third kappa shape index (κ3) is 10.8. The Morgan fingerprint density at radius 3 is 2.07 bits per heavy atom. The molecule has 0 aromatic heterocycles. The van der Waals surface area contributed by atoms with Gasteiger partial charge in [-0.05, 0) is 62.1 Å². The first-order valence-corrected chi connectivity index (χ1v) is 15.5. The Hall–Kier alpha value is -4.50. The number of nitrogens with zero attached hydrogens (tertiary/aromatic N) is 2. The smallest absolute Gasteiger partial charge is 0.303 e. The third-order valence-electron chi connectivity index (χ3n) is 7.75. The highest BCUT2D eigenvalue weighted by atomic mass is 16.6. The zero-order chi connectivity index (χ0) is 34.1. The summed E-state index contributed by atoms with van der Waals surface area (Å²) in [7, 11) is 3.19. The normalized spacial score (nSPS) is 13.2. The molecule has 0 aliphatic rings. The SMILES string of the molecule is CC(=O)OC(C)(C)CNC(=O)C(Cc1ccccc1)N(C)C(=O)[C@@H](Cc1ccc2ccccc2c1)N(C)C(=O)/C=C/CC(C)(C)N. The number of amides is 3. The van der Waals surface area contributed by atoms with Crippen LogP contribution in [0, 0.1) is 0 Å². The Morgan fingerprint density at radius 2 is 1.43 bits per heavy atom. The van der Waals surface area contributed by atoms with Gasteiger partial charge in [-0.1, -0.05) is 78.9 Å². The largest absolute Gasteiger partial charge is 0.458 e. The maximum absolute atomic E-state index is 14.4. The van der Waals surface area contributed by atoms with Crippen molar-refractivity contribution < 1.29 is 23.9 Å². The second kappa shape index (κ2) is 15.7. The fourth-order valence-electron chi connectivity index (χ4n) is 5.19. The summed E-state index contributed by atoms with van der Waals surface area (Å²) in [6.45, 7) is 8.52. The zero-order valence-corrected chi connectivity index (χ0v) is 28.1. The van der Waals surface area contributed by atoms with Gasteiger partial charge in [0.2, 0.25) is 17.7 Å². The van der Waals surface area contributed by atoms with Gasteiger partial charge in [-0.3, -0.25) is 19.2 Å². The summed E-state index contributed by atoms with van der Waals surface area (Å²) in [4.78, 5) is 56.0. The Labute approximate surface area is 272 Å². The van der Waals surface area contributed by atoms with Crippen molar-refractivity contribution in [1.29, 1.82) is 0 Å². The van der Waals surface area contributed by atoms with Crippen LogP contribution in [0.2, 0.25) is 0 Å². The lowest BCUT2D eigenvalue weighted by atomic mass is 9.98. The van der Waals surface area contributed by atoms with Crippen molar-refractivity contribution in [2.75, 3.05) is 20.6 Å². The van der Waals surface area contributed by atoms with E-state index < -0.39 is 35.1 Å². The van der Waals surface area contributed by atoms with Gasteiger partial charge in [0, 0.05) is 39.4 Å². The molecule has 2 atom stereocenters. The van der Waals surface area contributed by atoms with E-state index in [0.29, 0.717) is 6.42 Å². The minimum Gasteiger partial charge on any atom is -0.458 e. The van der Waals surface area contributed by atoms with Gasteiger partial charge in [-0.25, -0.2) is 0 Å². The molecule has 3 N–H and O–H groups in total. The Kier molecular flexibility index (Phi) is 12.3. The molecule has 3 aromatic carbocycles. The van der Waals surface area contributed by atoms with Crippen LogP contribution in [0.4, 0.5) is 0 Å². The minimum absolute atomic E-state index is 0.0555. The summed E-state index contributed by atoms with van der Waals surface area (Å²) in [5.74, 6) is -1.58. The van der Waals surface area contributed by atoms with Crippen molar-refractivity contribution >= 4 is 34.5 Å². The number of nitrogens with two attached hydrogens (primary N) is 1. The fourth-order valence-corrected chi connectivity index (χ4v) is 5.19. The first-order chi connectivity index (χ1) is 21.6. The predicted molar refractivity (Wildman–Crippen MR) is 182 cm³/mol. The molecule has 3 aromatic rings. The van der Waals surface area contributed by atoms with Crippen LogP contribution in [0.5, 0.6) is 0 Å². The third-order valence-corrected chi connectivity index (χ3v) is 7.75. The molecule has 9 heteroatoms. The maximum Gasteiger partial charge on any atom is 0.303 e. The molecule has 0 saturated carbocycles. The molecule has 0 fully saturated rings. The molecule has 0 spiro atoms. The van der Waals surface area contributed by atoms with Gasteiger partial charge in [0.25, 0.3) is 0 Å². The van der Waals surface area contributed by atoms with E-state index in [1.54, 1.807) is 34.0 Å². The summed E-state index contributed by atoms with van der Waals surface area (Å²) in [6.07, 6.45) is 4.14. The van der Waals surface area contributed by atoms with E-state index >= 15 is 0 Å². The summed E-state index contributed by atoms with van der Waals surface area (Å²) in [5, 5.41) is 4.97. The number of carbonyl (C=O) groups excluding carboxylic acids is 4. The number of likely N-dealkylation sites (N-methyl/N-ethyl adjacent to an activating group) is 2. The molecular formula is C37H48N4O5. The monoisotopic (exact) mass is 628 g/mol. The molecule has 3 amide bonds. The maximum atomic E-state index is 14.4. The van der Waals surface area contributed by atoms with Crippen molar-refractivity contribution in [3.63, 3.8) is 0 Å². The number of esters is 1. The molecule has 3 rings (SSSR count). The van der Waals surface area contributed by atoms with Crippen molar-refractivity contribution in [3.05, 3.63) is 96.1 Å². The lowest BCUT2D eigenvalue weighted by Gasteiger charge is -2.35. The molecule has 0 saturated heterocycles. The van der Waals surface area contributed by atoms with Crippen LogP contribution >= 0.6 is 0 Å². The number of nitrogens with one attached hydrogen (secondary N) is 1. The number of benzene rings is 3. The van der Waals surface area contributed by atoms with Crippen LogP contribution in [0.15, 0.2) is 84.9 Å².